The van der Waals surface area contributed by atoms with Crippen LogP contribution < -0.4 is 5.32 Å². The van der Waals surface area contributed by atoms with Crippen molar-refractivity contribution in [3.8, 4) is 0 Å². The molecule has 6 heteroatoms. The van der Waals surface area contributed by atoms with Gasteiger partial charge in [-0.3, -0.25) is 4.79 Å². The number of halogens is 2. The summed E-state index contributed by atoms with van der Waals surface area (Å²) in [5.41, 5.74) is 1.15. The first kappa shape index (κ1) is 18.3. The van der Waals surface area contributed by atoms with E-state index in [0.717, 1.165) is 36.1 Å². The van der Waals surface area contributed by atoms with Gasteiger partial charge in [-0.05, 0) is 30.7 Å². The van der Waals surface area contributed by atoms with Gasteiger partial charge in [0.25, 0.3) is 5.91 Å². The quantitative estimate of drug-likeness (QED) is 0.605. The third-order valence-corrected chi connectivity index (χ3v) is 4.83. The van der Waals surface area contributed by atoms with E-state index in [4.69, 9.17) is 0 Å². The topological polar surface area (TPSA) is 42.0 Å². The van der Waals surface area contributed by atoms with Crippen molar-refractivity contribution in [3.05, 3.63) is 65.7 Å². The zero-order valence-corrected chi connectivity index (χ0v) is 15.1. The number of rotatable bonds is 6. The summed E-state index contributed by atoms with van der Waals surface area (Å²) >= 11 is 1.06. The average molecular weight is 372 g/mol. The minimum atomic E-state index is -0.654. The number of nitrogens with zero attached hydrogens (tertiary/aromatic N) is 1. The Balaban J connectivity index is 1.97. The minimum absolute atomic E-state index is 0.182. The van der Waals surface area contributed by atoms with Gasteiger partial charge in [0, 0.05) is 22.9 Å². The summed E-state index contributed by atoms with van der Waals surface area (Å²) in [6, 6.07) is 12.4. The molecule has 1 N–H and O–H groups in total. The van der Waals surface area contributed by atoms with Gasteiger partial charge in [0.15, 0.2) is 0 Å². The molecule has 0 aliphatic carbocycles. The Morgan fingerprint density at radius 1 is 1.15 bits per heavy atom. The van der Waals surface area contributed by atoms with Crippen LogP contribution in [0.4, 0.5) is 8.78 Å². The largest absolute Gasteiger partial charge is 0.352 e. The molecule has 0 atom stereocenters. The molecule has 26 heavy (non-hydrogen) atoms. The lowest BCUT2D eigenvalue weighted by Crippen LogP contribution is -2.24. The average Bonchev–Trinajstić information content (AvgIpc) is 2.63. The highest BCUT2D eigenvalue weighted by Crippen LogP contribution is 2.31. The normalized spacial score (nSPS) is 10.9. The van der Waals surface area contributed by atoms with E-state index in [2.05, 4.69) is 17.2 Å². The smallest absolute Gasteiger partial charge is 0.252 e. The van der Waals surface area contributed by atoms with E-state index < -0.39 is 11.6 Å². The van der Waals surface area contributed by atoms with Crippen molar-refractivity contribution in [2.75, 3.05) is 6.54 Å². The zero-order valence-electron chi connectivity index (χ0n) is 14.3. The standard InChI is InChI=1S/C20H18F2N2OS/c1-2-3-10-23-20(25)15-12-19(24-17-7-5-4-6-14(15)17)26-18-9-8-13(21)11-16(18)22/h4-9,11-12H,2-3,10H2,1H3,(H,23,25). The molecule has 2 aromatic carbocycles. The van der Waals surface area contributed by atoms with Gasteiger partial charge in [-0.15, -0.1) is 0 Å². The molecule has 0 fully saturated rings. The second-order valence-electron chi connectivity index (χ2n) is 5.81. The Labute approximate surface area is 154 Å². The molecular weight excluding hydrogens is 354 g/mol. The Morgan fingerprint density at radius 3 is 2.73 bits per heavy atom. The molecule has 0 bridgehead atoms. The molecule has 3 nitrogen and oxygen atoms in total. The Morgan fingerprint density at radius 2 is 1.96 bits per heavy atom. The fourth-order valence-electron chi connectivity index (χ4n) is 2.54. The summed E-state index contributed by atoms with van der Waals surface area (Å²) in [5, 5.41) is 4.12. The Kier molecular flexibility index (Phi) is 5.83. The Hall–Kier alpha value is -2.47. The van der Waals surface area contributed by atoms with E-state index in [1.165, 1.54) is 12.1 Å². The molecule has 3 rings (SSSR count). The van der Waals surface area contributed by atoms with Gasteiger partial charge in [-0.2, -0.15) is 0 Å². The van der Waals surface area contributed by atoms with Crippen LogP contribution in [0.15, 0.2) is 58.5 Å². The minimum Gasteiger partial charge on any atom is -0.352 e. The number of unbranched alkanes of at least 4 members (excludes halogenated alkanes) is 1. The van der Waals surface area contributed by atoms with Gasteiger partial charge in [-0.25, -0.2) is 13.8 Å². The van der Waals surface area contributed by atoms with Gasteiger partial charge in [0.2, 0.25) is 0 Å². The number of aromatic nitrogens is 1. The van der Waals surface area contributed by atoms with Crippen molar-refractivity contribution in [1.82, 2.24) is 10.3 Å². The molecule has 1 aromatic heterocycles. The number of nitrogens with one attached hydrogen (secondary N) is 1. The van der Waals surface area contributed by atoms with Crippen LogP contribution in [0.3, 0.4) is 0 Å². The summed E-state index contributed by atoms with van der Waals surface area (Å²) in [4.78, 5) is 17.3. The number of hydrogen-bond donors (Lipinski definition) is 1. The molecular formula is C20H18F2N2OS. The molecule has 3 aromatic rings. The molecule has 0 saturated carbocycles. The third-order valence-electron chi connectivity index (χ3n) is 3.86. The highest BCUT2D eigenvalue weighted by Gasteiger charge is 2.14. The van der Waals surface area contributed by atoms with E-state index in [1.807, 2.05) is 24.3 Å². The van der Waals surface area contributed by atoms with Crippen LogP contribution in [0, 0.1) is 11.6 Å². The highest BCUT2D eigenvalue weighted by atomic mass is 32.2. The van der Waals surface area contributed by atoms with Crippen LogP contribution in [0.25, 0.3) is 10.9 Å². The lowest BCUT2D eigenvalue weighted by Gasteiger charge is -2.10. The summed E-state index contributed by atoms with van der Waals surface area (Å²) in [6.45, 7) is 2.65. The van der Waals surface area contributed by atoms with Gasteiger partial charge < -0.3 is 5.32 Å². The maximum Gasteiger partial charge on any atom is 0.252 e. The molecule has 0 spiro atoms. The van der Waals surface area contributed by atoms with Gasteiger partial charge in [0.05, 0.1) is 11.1 Å². The maximum absolute atomic E-state index is 13.9. The van der Waals surface area contributed by atoms with E-state index in [1.54, 1.807) is 6.07 Å². The van der Waals surface area contributed by atoms with Crippen molar-refractivity contribution >= 4 is 28.6 Å². The monoisotopic (exact) mass is 372 g/mol. The number of pyridine rings is 1. The number of amides is 1. The molecule has 1 amide bonds. The molecule has 134 valence electrons. The number of carbonyl (C=O) groups excluding carboxylic acids is 1. The van der Waals surface area contributed by atoms with Crippen LogP contribution in [0.2, 0.25) is 0 Å². The van der Waals surface area contributed by atoms with Crippen molar-refractivity contribution < 1.29 is 13.6 Å². The predicted octanol–water partition coefficient (Wildman–Crippen LogP) is 5.19. The first-order valence-corrected chi connectivity index (χ1v) is 9.21. The number of hydrogen-bond acceptors (Lipinski definition) is 3. The number of carbonyl (C=O) groups is 1. The summed E-state index contributed by atoms with van der Waals surface area (Å²) in [5.74, 6) is -1.47. The second kappa shape index (κ2) is 8.27. The van der Waals surface area contributed by atoms with E-state index in [9.17, 15) is 13.6 Å². The number of para-hydroxylation sites is 1. The third kappa shape index (κ3) is 4.19. The molecule has 0 saturated heterocycles. The van der Waals surface area contributed by atoms with E-state index in [0.29, 0.717) is 22.7 Å². The van der Waals surface area contributed by atoms with Crippen molar-refractivity contribution in [1.29, 1.82) is 0 Å². The summed E-state index contributed by atoms with van der Waals surface area (Å²) < 4.78 is 27.0. The lowest BCUT2D eigenvalue weighted by molar-refractivity contribution is 0.0954. The van der Waals surface area contributed by atoms with Crippen molar-refractivity contribution in [2.24, 2.45) is 0 Å². The molecule has 0 aliphatic rings. The zero-order chi connectivity index (χ0) is 18.5. The van der Waals surface area contributed by atoms with Gasteiger partial charge >= 0.3 is 0 Å². The van der Waals surface area contributed by atoms with Crippen LogP contribution in [-0.2, 0) is 0 Å². The fraction of sp³-hybridized carbons (Fsp3) is 0.200. The molecule has 1 heterocycles. The van der Waals surface area contributed by atoms with Gasteiger partial charge in [0.1, 0.15) is 16.7 Å². The summed E-state index contributed by atoms with van der Waals surface area (Å²) in [7, 11) is 0. The number of fused-ring (bicyclic) bond motifs is 1. The molecule has 0 radical (unpaired) electrons. The van der Waals surface area contributed by atoms with Gasteiger partial charge in [-0.1, -0.05) is 43.3 Å². The predicted molar refractivity (Wildman–Crippen MR) is 99.5 cm³/mol. The first-order valence-electron chi connectivity index (χ1n) is 8.39. The van der Waals surface area contributed by atoms with Crippen LogP contribution in [0.5, 0.6) is 0 Å². The van der Waals surface area contributed by atoms with E-state index >= 15 is 0 Å². The second-order valence-corrected chi connectivity index (χ2v) is 6.87. The number of benzene rings is 2. The lowest BCUT2D eigenvalue weighted by atomic mass is 10.1. The SMILES string of the molecule is CCCCNC(=O)c1cc(Sc2ccc(F)cc2F)nc2ccccc12. The first-order chi connectivity index (χ1) is 12.6. The molecule has 0 aliphatic heterocycles. The Bertz CT molecular complexity index is 946. The van der Waals surface area contributed by atoms with Crippen molar-refractivity contribution in [3.63, 3.8) is 0 Å². The van der Waals surface area contributed by atoms with Crippen molar-refractivity contribution in [2.45, 2.75) is 29.7 Å². The summed E-state index contributed by atoms with van der Waals surface area (Å²) in [6.07, 6.45) is 1.89. The fourth-order valence-corrected chi connectivity index (χ4v) is 3.37. The maximum atomic E-state index is 13.9. The van der Waals surface area contributed by atoms with Crippen LogP contribution in [-0.4, -0.2) is 17.4 Å². The molecule has 0 unspecified atom stereocenters. The van der Waals surface area contributed by atoms with E-state index in [-0.39, 0.29) is 10.8 Å². The highest BCUT2D eigenvalue weighted by molar-refractivity contribution is 7.99. The van der Waals surface area contributed by atoms with Crippen LogP contribution >= 0.6 is 11.8 Å². The van der Waals surface area contributed by atoms with Crippen LogP contribution in [0.1, 0.15) is 30.1 Å².